The number of halogens is 1. The number of pyridine rings is 1. The topological polar surface area (TPSA) is 77.8 Å². The molecule has 6 nitrogen and oxygen atoms in total. The van der Waals surface area contributed by atoms with Crippen LogP contribution in [0, 0.1) is 0 Å². The summed E-state index contributed by atoms with van der Waals surface area (Å²) in [5.41, 5.74) is 1.95. The maximum Gasteiger partial charge on any atom is 0.341 e. The van der Waals surface area contributed by atoms with Gasteiger partial charge in [-0.2, -0.15) is 0 Å². The van der Waals surface area contributed by atoms with E-state index in [2.05, 4.69) is 0 Å². The SMILES string of the molecule is COCCCOc1cc2c(cc1Cl)-c1c(cc(C(=O)O)c(=O)n1C1CCCC1)CS2. The highest BCUT2D eigenvalue weighted by Gasteiger charge is 2.30. The molecule has 4 rings (SSSR count). The quantitative estimate of drug-likeness (QED) is 0.599. The van der Waals surface area contributed by atoms with Crippen LogP contribution in [0.5, 0.6) is 5.75 Å². The van der Waals surface area contributed by atoms with Crippen LogP contribution >= 0.6 is 23.4 Å². The summed E-state index contributed by atoms with van der Waals surface area (Å²) in [6, 6.07) is 5.32. The average Bonchev–Trinajstić information content (AvgIpc) is 3.25. The second-order valence-corrected chi connectivity index (χ2v) is 9.04. The molecule has 0 radical (unpaired) electrons. The summed E-state index contributed by atoms with van der Waals surface area (Å²) in [7, 11) is 1.65. The smallest absolute Gasteiger partial charge is 0.341 e. The molecule has 8 heteroatoms. The number of carbonyl (C=O) groups is 1. The number of benzene rings is 1. The molecule has 1 aliphatic heterocycles. The van der Waals surface area contributed by atoms with E-state index in [0.29, 0.717) is 29.7 Å². The van der Waals surface area contributed by atoms with Gasteiger partial charge in [-0.25, -0.2) is 4.79 Å². The van der Waals surface area contributed by atoms with Crippen LogP contribution in [-0.4, -0.2) is 36.0 Å². The predicted octanol–water partition coefficient (Wildman–Crippen LogP) is 5.00. The zero-order chi connectivity index (χ0) is 21.3. The first-order valence-corrected chi connectivity index (χ1v) is 11.5. The Bertz CT molecular complexity index is 1030. The van der Waals surface area contributed by atoms with Gasteiger partial charge in [0.1, 0.15) is 11.3 Å². The molecular formula is C22H24ClNO5S. The fraction of sp³-hybridized carbons (Fsp3) is 0.455. The van der Waals surface area contributed by atoms with E-state index in [1.54, 1.807) is 23.4 Å². The highest BCUT2D eigenvalue weighted by atomic mass is 35.5. The number of nitrogens with zero attached hydrogens (tertiary/aromatic N) is 1. The van der Waals surface area contributed by atoms with Crippen molar-refractivity contribution in [3.63, 3.8) is 0 Å². The van der Waals surface area contributed by atoms with Crippen molar-refractivity contribution in [3.05, 3.63) is 44.7 Å². The maximum absolute atomic E-state index is 13.1. The van der Waals surface area contributed by atoms with Crippen LogP contribution in [0.15, 0.2) is 27.9 Å². The maximum atomic E-state index is 13.1. The Kier molecular flexibility index (Phi) is 6.41. The number of carboxylic acid groups (broad SMARTS) is 1. The van der Waals surface area contributed by atoms with E-state index < -0.39 is 11.5 Å². The fourth-order valence-electron chi connectivity index (χ4n) is 4.26. The van der Waals surface area contributed by atoms with Gasteiger partial charge >= 0.3 is 5.97 Å². The largest absolute Gasteiger partial charge is 0.492 e. The van der Waals surface area contributed by atoms with Gasteiger partial charge in [0.05, 0.1) is 17.3 Å². The van der Waals surface area contributed by atoms with Crippen molar-refractivity contribution in [3.8, 4) is 17.0 Å². The second kappa shape index (κ2) is 9.04. The number of fused-ring (bicyclic) bond motifs is 3. The molecule has 160 valence electrons. The van der Waals surface area contributed by atoms with Crippen LogP contribution in [0.3, 0.4) is 0 Å². The zero-order valence-corrected chi connectivity index (χ0v) is 18.4. The van der Waals surface area contributed by atoms with E-state index in [9.17, 15) is 14.7 Å². The number of methoxy groups -OCH3 is 1. The number of aromatic nitrogens is 1. The van der Waals surface area contributed by atoms with Gasteiger partial charge in [-0.1, -0.05) is 24.4 Å². The first kappa shape index (κ1) is 21.3. The zero-order valence-electron chi connectivity index (χ0n) is 16.8. The third kappa shape index (κ3) is 3.98. The number of hydrogen-bond acceptors (Lipinski definition) is 5. The van der Waals surface area contributed by atoms with E-state index in [-0.39, 0.29) is 11.6 Å². The molecule has 1 aromatic carbocycles. The van der Waals surface area contributed by atoms with Crippen LogP contribution in [0.4, 0.5) is 0 Å². The van der Waals surface area contributed by atoms with E-state index >= 15 is 0 Å². The first-order chi connectivity index (χ1) is 14.5. The Morgan fingerprint density at radius 3 is 2.73 bits per heavy atom. The van der Waals surface area contributed by atoms with Crippen molar-refractivity contribution in [2.75, 3.05) is 20.3 Å². The van der Waals surface area contributed by atoms with Crippen molar-refractivity contribution in [2.45, 2.75) is 48.8 Å². The average molecular weight is 450 g/mol. The summed E-state index contributed by atoms with van der Waals surface area (Å²) in [5, 5.41) is 10.0. The van der Waals surface area contributed by atoms with Crippen molar-refractivity contribution in [1.29, 1.82) is 0 Å². The molecule has 0 saturated heterocycles. The Morgan fingerprint density at radius 1 is 1.27 bits per heavy atom. The summed E-state index contributed by atoms with van der Waals surface area (Å²) >= 11 is 8.13. The Morgan fingerprint density at radius 2 is 2.03 bits per heavy atom. The summed E-state index contributed by atoms with van der Waals surface area (Å²) in [6.45, 7) is 1.12. The minimum absolute atomic E-state index is 0.0187. The minimum atomic E-state index is -1.18. The minimum Gasteiger partial charge on any atom is -0.492 e. The standard InChI is InChI=1S/C22H24ClNO5S/c1-28-7-4-8-29-18-11-19-15(10-17(18)23)20-13(12-30-19)9-16(22(26)27)21(25)24(20)14-5-2-3-6-14/h9-11,14H,2-8,12H2,1H3,(H,26,27). The van der Waals surface area contributed by atoms with Crippen LogP contribution in [0.25, 0.3) is 11.3 Å². The fourth-order valence-corrected chi connectivity index (χ4v) is 5.51. The molecule has 2 aliphatic rings. The lowest BCUT2D eigenvalue weighted by Gasteiger charge is -2.28. The number of rotatable bonds is 7. The molecule has 1 aliphatic carbocycles. The van der Waals surface area contributed by atoms with Gasteiger partial charge in [0.15, 0.2) is 0 Å². The molecule has 30 heavy (non-hydrogen) atoms. The van der Waals surface area contributed by atoms with Crippen molar-refractivity contribution >= 4 is 29.3 Å². The van der Waals surface area contributed by atoms with Gasteiger partial charge in [0.25, 0.3) is 5.56 Å². The van der Waals surface area contributed by atoms with Crippen molar-refractivity contribution in [1.82, 2.24) is 4.57 Å². The molecule has 1 saturated carbocycles. The molecule has 1 N–H and O–H groups in total. The molecule has 0 spiro atoms. The predicted molar refractivity (Wildman–Crippen MR) is 117 cm³/mol. The molecule has 0 unspecified atom stereocenters. The molecule has 0 bridgehead atoms. The third-order valence-electron chi connectivity index (χ3n) is 5.66. The van der Waals surface area contributed by atoms with Crippen molar-refractivity contribution in [2.24, 2.45) is 0 Å². The summed E-state index contributed by atoms with van der Waals surface area (Å²) < 4.78 is 12.6. The van der Waals surface area contributed by atoms with Crippen LogP contribution < -0.4 is 10.3 Å². The molecule has 2 heterocycles. The summed E-state index contributed by atoms with van der Waals surface area (Å²) in [4.78, 5) is 25.8. The van der Waals surface area contributed by atoms with Crippen LogP contribution in [0.2, 0.25) is 5.02 Å². The number of hydrogen-bond donors (Lipinski definition) is 1. The highest BCUT2D eigenvalue weighted by Crippen LogP contribution is 2.47. The molecule has 2 aromatic rings. The van der Waals surface area contributed by atoms with Crippen LogP contribution in [-0.2, 0) is 10.5 Å². The Balaban J connectivity index is 1.81. The van der Waals surface area contributed by atoms with E-state index in [1.807, 2.05) is 12.1 Å². The lowest BCUT2D eigenvalue weighted by Crippen LogP contribution is -2.31. The third-order valence-corrected chi connectivity index (χ3v) is 7.06. The monoisotopic (exact) mass is 449 g/mol. The molecule has 1 aromatic heterocycles. The van der Waals surface area contributed by atoms with E-state index in [0.717, 1.165) is 53.8 Å². The summed E-state index contributed by atoms with van der Waals surface area (Å²) in [6.07, 6.45) is 4.61. The number of ether oxygens (including phenoxy) is 2. The van der Waals surface area contributed by atoms with Crippen molar-refractivity contribution < 1.29 is 19.4 Å². The molecule has 1 fully saturated rings. The van der Waals surface area contributed by atoms with E-state index in [4.69, 9.17) is 21.1 Å². The van der Waals surface area contributed by atoms with Gasteiger partial charge in [0, 0.05) is 42.4 Å². The van der Waals surface area contributed by atoms with E-state index in [1.165, 1.54) is 6.07 Å². The lowest BCUT2D eigenvalue weighted by molar-refractivity contribution is 0.0694. The first-order valence-electron chi connectivity index (χ1n) is 10.1. The van der Waals surface area contributed by atoms with Crippen LogP contribution in [0.1, 0.15) is 54.1 Å². The number of aromatic carboxylic acids is 1. The molecule has 0 atom stereocenters. The Hall–Kier alpha value is -1.96. The van der Waals surface area contributed by atoms with Gasteiger partial charge in [-0.3, -0.25) is 4.79 Å². The number of thioether (sulfide) groups is 1. The van der Waals surface area contributed by atoms with Gasteiger partial charge < -0.3 is 19.1 Å². The molecular weight excluding hydrogens is 426 g/mol. The number of carboxylic acids is 1. The van der Waals surface area contributed by atoms with Gasteiger partial charge in [0.2, 0.25) is 0 Å². The Labute approximate surface area is 184 Å². The van der Waals surface area contributed by atoms with Gasteiger partial charge in [-0.05, 0) is 36.6 Å². The second-order valence-electron chi connectivity index (χ2n) is 7.61. The highest BCUT2D eigenvalue weighted by molar-refractivity contribution is 7.98. The summed E-state index contributed by atoms with van der Waals surface area (Å²) in [5.74, 6) is 0.0305. The van der Waals surface area contributed by atoms with Gasteiger partial charge in [-0.15, -0.1) is 11.8 Å². The lowest BCUT2D eigenvalue weighted by atomic mass is 10.0. The normalized spacial score (nSPS) is 15.7. The molecule has 0 amide bonds.